The van der Waals surface area contributed by atoms with Crippen LogP contribution in [0.15, 0.2) is 84.9 Å². The van der Waals surface area contributed by atoms with Gasteiger partial charge < -0.3 is 0 Å². The van der Waals surface area contributed by atoms with E-state index in [1.54, 1.807) is 10.4 Å². The molecule has 130 valence electrons. The van der Waals surface area contributed by atoms with Gasteiger partial charge in [-0.05, 0) is 22.3 Å². The third-order valence-corrected chi connectivity index (χ3v) is 24.2. The summed E-state index contributed by atoms with van der Waals surface area (Å²) in [5.41, 5.74) is 5.48. The van der Waals surface area contributed by atoms with E-state index in [1.807, 2.05) is 0 Å². The summed E-state index contributed by atoms with van der Waals surface area (Å²) in [5.74, 6) is 0. The van der Waals surface area contributed by atoms with Gasteiger partial charge in [-0.3, -0.25) is 0 Å². The van der Waals surface area contributed by atoms with Gasteiger partial charge in [-0.15, -0.1) is 0 Å². The summed E-state index contributed by atoms with van der Waals surface area (Å²) in [6.45, 7) is 10.3. The number of hydrogen-bond acceptors (Lipinski definition) is 0. The zero-order chi connectivity index (χ0) is 18.4. The normalized spacial score (nSPS) is 12.6. The largest absolute Gasteiger partial charge is 0.0792 e. The van der Waals surface area contributed by atoms with Crippen molar-refractivity contribution in [3.8, 4) is 22.3 Å². The highest BCUT2D eigenvalue weighted by molar-refractivity contribution is 7.50. The Morgan fingerprint density at radius 3 is 0.962 bits per heavy atom. The fraction of sp³-hybridized carbons (Fsp3) is 0.167. The fourth-order valence-electron chi connectivity index (χ4n) is 3.87. The van der Waals surface area contributed by atoms with Crippen LogP contribution in [0.3, 0.4) is 0 Å². The molecule has 0 nitrogen and oxygen atoms in total. The molecule has 0 amide bonds. The molecular formula is C24H26Si2. The van der Waals surface area contributed by atoms with Crippen molar-refractivity contribution >= 4 is 25.6 Å². The first-order valence-corrected chi connectivity index (χ1v) is 16.4. The molecule has 0 aromatic carbocycles. The van der Waals surface area contributed by atoms with E-state index in [0.29, 0.717) is 0 Å². The van der Waals surface area contributed by atoms with E-state index in [4.69, 9.17) is 0 Å². The van der Waals surface area contributed by atoms with E-state index < -0.39 is 15.2 Å². The number of rotatable bonds is 3. The second-order valence-corrected chi connectivity index (χ2v) is 23.5. The lowest BCUT2D eigenvalue weighted by molar-refractivity contribution is 1.77. The van der Waals surface area contributed by atoms with Gasteiger partial charge in [-0.1, -0.05) is 121 Å². The van der Waals surface area contributed by atoms with E-state index in [0.717, 1.165) is 0 Å². The van der Waals surface area contributed by atoms with Crippen LogP contribution in [0.4, 0.5) is 0 Å². The highest BCUT2D eigenvalue weighted by Crippen LogP contribution is 2.29. The molecule has 0 aromatic heterocycles. The first-order valence-electron chi connectivity index (χ1n) is 9.38. The van der Waals surface area contributed by atoms with Crippen molar-refractivity contribution in [1.82, 2.24) is 0 Å². The number of fused-ring (bicyclic) bond motifs is 2. The summed E-state index contributed by atoms with van der Waals surface area (Å²) >= 11 is 0. The Morgan fingerprint density at radius 2 is 0.692 bits per heavy atom. The molecule has 2 heteroatoms. The van der Waals surface area contributed by atoms with Crippen LogP contribution in [-0.4, -0.2) is 15.2 Å². The Hall–Kier alpha value is -2.17. The van der Waals surface area contributed by atoms with Gasteiger partial charge in [-0.2, -0.15) is 0 Å². The lowest BCUT2D eigenvalue weighted by Crippen LogP contribution is -2.68. The van der Waals surface area contributed by atoms with E-state index in [1.165, 1.54) is 22.3 Å². The molecule has 0 spiro atoms. The van der Waals surface area contributed by atoms with Crippen LogP contribution in [0, 0.1) is 0 Å². The maximum absolute atomic E-state index is 2.57. The maximum atomic E-state index is 2.57. The van der Waals surface area contributed by atoms with Crippen molar-refractivity contribution in [2.75, 3.05) is 0 Å². The van der Waals surface area contributed by atoms with Crippen molar-refractivity contribution in [3.05, 3.63) is 84.9 Å². The second-order valence-electron chi connectivity index (χ2n) is 8.38. The molecule has 26 heavy (non-hydrogen) atoms. The van der Waals surface area contributed by atoms with Gasteiger partial charge in [-0.25, -0.2) is 0 Å². The molecular weight excluding hydrogens is 344 g/mol. The van der Waals surface area contributed by atoms with Crippen molar-refractivity contribution in [2.24, 2.45) is 0 Å². The van der Waals surface area contributed by atoms with Crippen LogP contribution in [0.2, 0.25) is 26.2 Å². The topological polar surface area (TPSA) is 0 Å². The molecule has 4 rings (SSSR count). The smallest absolute Gasteiger partial charge is 0.0671 e. The Bertz CT molecular complexity index is 856. The zero-order valence-corrected chi connectivity index (χ0v) is 18.1. The lowest BCUT2D eigenvalue weighted by Gasteiger charge is -2.38. The van der Waals surface area contributed by atoms with Gasteiger partial charge in [0.05, 0.1) is 15.2 Å². The third-order valence-electron chi connectivity index (χ3n) is 6.46. The summed E-state index contributed by atoms with van der Waals surface area (Å²) in [5, 5.41) is 3.21. The molecule has 0 atom stereocenters. The van der Waals surface area contributed by atoms with Gasteiger partial charge in [0, 0.05) is 0 Å². The molecule has 0 heterocycles. The first kappa shape index (κ1) is 17.3. The lowest BCUT2D eigenvalue weighted by atomic mass is 10.2. The van der Waals surface area contributed by atoms with Crippen molar-refractivity contribution in [2.45, 2.75) is 26.2 Å². The predicted molar refractivity (Wildman–Crippen MR) is 120 cm³/mol. The summed E-state index contributed by atoms with van der Waals surface area (Å²) in [6.07, 6.45) is 0. The highest BCUT2D eigenvalue weighted by Gasteiger charge is 2.44. The average Bonchev–Trinajstić information content (AvgIpc) is 3.06. The quantitative estimate of drug-likeness (QED) is 0.417. The molecule has 0 unspecified atom stereocenters. The van der Waals surface area contributed by atoms with Crippen LogP contribution in [0.5, 0.6) is 0 Å². The number of hydrogen-bond donors (Lipinski definition) is 0. The van der Waals surface area contributed by atoms with E-state index in [2.05, 4.69) is 111 Å². The maximum Gasteiger partial charge on any atom is 0.0792 e. The monoisotopic (exact) mass is 370 g/mol. The van der Waals surface area contributed by atoms with Gasteiger partial charge in [0.1, 0.15) is 0 Å². The average molecular weight is 371 g/mol. The standard InChI is InChI=1S/C24H26Si2/c1-25(2,23-15-19-11-7-5-8-12-20(19)16-23)26(3,4)24-17-21-13-9-6-10-14-22(21)18-24/h5-18H,1-4H3. The molecule has 0 fully saturated rings. The summed E-state index contributed by atoms with van der Waals surface area (Å²) in [4.78, 5) is 0. The Kier molecular flexibility index (Phi) is 4.13. The van der Waals surface area contributed by atoms with Crippen LogP contribution < -0.4 is 10.4 Å². The van der Waals surface area contributed by atoms with Crippen molar-refractivity contribution in [1.29, 1.82) is 0 Å². The molecule has 0 N–H and O–H groups in total. The van der Waals surface area contributed by atoms with Gasteiger partial charge >= 0.3 is 0 Å². The fourth-order valence-corrected chi connectivity index (χ4v) is 12.6. The molecule has 0 aromatic rings. The minimum Gasteiger partial charge on any atom is -0.0671 e. The summed E-state index contributed by atoms with van der Waals surface area (Å²) < 4.78 is 0. The predicted octanol–water partition coefficient (Wildman–Crippen LogP) is 5.51. The van der Waals surface area contributed by atoms with Crippen LogP contribution >= 0.6 is 0 Å². The SMILES string of the molecule is C[Si](C)(c1cc2cccccc-2c1)[Si](C)(C)c1cc2cccccc-2c1. The Morgan fingerprint density at radius 1 is 0.423 bits per heavy atom. The van der Waals surface area contributed by atoms with Gasteiger partial charge in [0.2, 0.25) is 0 Å². The minimum atomic E-state index is -1.60. The van der Waals surface area contributed by atoms with Crippen molar-refractivity contribution < 1.29 is 0 Å². The Labute approximate surface area is 159 Å². The van der Waals surface area contributed by atoms with E-state index >= 15 is 0 Å². The second kappa shape index (κ2) is 6.22. The molecule has 0 saturated heterocycles. The van der Waals surface area contributed by atoms with E-state index in [-0.39, 0.29) is 0 Å². The molecule has 0 saturated carbocycles. The van der Waals surface area contributed by atoms with Crippen LogP contribution in [0.1, 0.15) is 0 Å². The van der Waals surface area contributed by atoms with Gasteiger partial charge in [0.15, 0.2) is 0 Å². The first-order chi connectivity index (χ1) is 12.4. The molecule has 4 aliphatic carbocycles. The van der Waals surface area contributed by atoms with E-state index in [9.17, 15) is 0 Å². The van der Waals surface area contributed by atoms with Gasteiger partial charge in [0.25, 0.3) is 0 Å². The molecule has 0 bridgehead atoms. The minimum absolute atomic E-state index is 1.37. The molecule has 0 radical (unpaired) electrons. The molecule has 0 aliphatic heterocycles. The highest BCUT2D eigenvalue weighted by atomic mass is 29.3. The Balaban J connectivity index is 1.82. The molecule has 4 aliphatic rings. The summed E-state index contributed by atoms with van der Waals surface area (Å²) in [6, 6.07) is 31.6. The third kappa shape index (κ3) is 2.74. The van der Waals surface area contributed by atoms with Crippen LogP contribution in [-0.2, 0) is 0 Å². The van der Waals surface area contributed by atoms with Crippen LogP contribution in [0.25, 0.3) is 22.3 Å². The zero-order valence-electron chi connectivity index (χ0n) is 16.1. The van der Waals surface area contributed by atoms with Crippen molar-refractivity contribution in [3.63, 3.8) is 0 Å². The summed E-state index contributed by atoms with van der Waals surface area (Å²) in [7, 11) is -3.20.